The Morgan fingerprint density at radius 1 is 0.970 bits per heavy atom. The number of nitrogens with zero attached hydrogens (tertiary/aromatic N) is 6. The lowest BCUT2D eigenvalue weighted by Gasteiger charge is -2.35. The van der Waals surface area contributed by atoms with Crippen molar-refractivity contribution in [1.82, 2.24) is 24.7 Å². The van der Waals surface area contributed by atoms with E-state index in [0.29, 0.717) is 31.7 Å². The molecule has 7 nitrogen and oxygen atoms in total. The summed E-state index contributed by atoms with van der Waals surface area (Å²) in [5.41, 5.74) is 1.29. The molecule has 2 fully saturated rings. The average molecular weight is 458 g/mol. The number of amides is 1. The maximum atomic E-state index is 13.3. The number of aromatic nitrogens is 4. The summed E-state index contributed by atoms with van der Waals surface area (Å²) in [6.45, 7) is 1.92. The van der Waals surface area contributed by atoms with Crippen LogP contribution in [0.2, 0.25) is 0 Å². The minimum atomic E-state index is -4.63. The number of benzene rings is 1. The van der Waals surface area contributed by atoms with Crippen molar-refractivity contribution in [3.05, 3.63) is 53.9 Å². The number of alkyl halides is 3. The first-order chi connectivity index (χ1) is 15.9. The quantitative estimate of drug-likeness (QED) is 0.598. The summed E-state index contributed by atoms with van der Waals surface area (Å²) in [7, 11) is 0. The summed E-state index contributed by atoms with van der Waals surface area (Å²) in [6.07, 6.45) is -0.411. The van der Waals surface area contributed by atoms with Gasteiger partial charge in [-0.3, -0.25) is 4.79 Å². The first-order valence-electron chi connectivity index (χ1n) is 11.3. The number of hydrogen-bond donors (Lipinski definition) is 0. The average Bonchev–Trinajstić information content (AvgIpc) is 3.46. The van der Waals surface area contributed by atoms with Gasteiger partial charge in [-0.05, 0) is 49.8 Å². The lowest BCUT2D eigenvalue weighted by Crippen LogP contribution is -2.45. The Morgan fingerprint density at radius 3 is 2.45 bits per heavy atom. The van der Waals surface area contributed by atoms with Gasteiger partial charge in [-0.2, -0.15) is 17.7 Å². The number of halogens is 3. The molecule has 3 aromatic rings. The van der Waals surface area contributed by atoms with E-state index in [-0.39, 0.29) is 23.5 Å². The number of carbonyl (C=O) groups is 1. The Kier molecular flexibility index (Phi) is 5.67. The molecule has 2 saturated heterocycles. The second-order valence-electron chi connectivity index (χ2n) is 8.76. The molecule has 1 amide bonds. The standard InChI is InChI=1S/C23H25F3N6O/c24-23(25,26)22-28-27-19-8-9-20(29-32(19)22)30-13-10-17(11-14-30)21(33)31-12-4-7-18(31)15-16-5-2-1-3-6-16/h1-3,5-6,8-9,17-18H,4,7,10-15H2/t18-/m1/s1. The zero-order valence-electron chi connectivity index (χ0n) is 18.1. The molecule has 2 aliphatic rings. The molecular weight excluding hydrogens is 433 g/mol. The van der Waals surface area contributed by atoms with Crippen LogP contribution in [-0.2, 0) is 17.4 Å². The SMILES string of the molecule is O=C(C1CCN(c2ccc3nnc(C(F)(F)F)n3n2)CC1)N1CCC[C@@H]1Cc1ccccc1. The molecule has 5 rings (SSSR count). The van der Waals surface area contributed by atoms with E-state index in [0.717, 1.165) is 30.3 Å². The van der Waals surface area contributed by atoms with Crippen molar-refractivity contribution in [2.45, 2.75) is 44.3 Å². The topological polar surface area (TPSA) is 66.6 Å². The molecule has 2 aliphatic heterocycles. The van der Waals surface area contributed by atoms with E-state index in [1.54, 1.807) is 6.07 Å². The van der Waals surface area contributed by atoms with Gasteiger partial charge in [0.1, 0.15) is 5.82 Å². The van der Waals surface area contributed by atoms with E-state index in [1.807, 2.05) is 28.0 Å². The van der Waals surface area contributed by atoms with Crippen molar-refractivity contribution < 1.29 is 18.0 Å². The molecule has 0 unspecified atom stereocenters. The van der Waals surface area contributed by atoms with E-state index in [1.165, 1.54) is 11.6 Å². The van der Waals surface area contributed by atoms with Gasteiger partial charge in [0.05, 0.1) is 0 Å². The third-order valence-corrected chi connectivity index (χ3v) is 6.64. The van der Waals surface area contributed by atoms with Gasteiger partial charge in [-0.1, -0.05) is 30.3 Å². The maximum Gasteiger partial charge on any atom is 0.453 e. The number of rotatable bonds is 4. The van der Waals surface area contributed by atoms with E-state index < -0.39 is 12.0 Å². The van der Waals surface area contributed by atoms with Crippen LogP contribution >= 0.6 is 0 Å². The lowest BCUT2D eigenvalue weighted by atomic mass is 9.94. The maximum absolute atomic E-state index is 13.3. The number of carbonyl (C=O) groups excluding carboxylic acids is 1. The molecular formula is C23H25F3N6O. The Morgan fingerprint density at radius 2 is 1.73 bits per heavy atom. The van der Waals surface area contributed by atoms with Crippen LogP contribution in [0, 0.1) is 5.92 Å². The second kappa shape index (κ2) is 8.64. The minimum Gasteiger partial charge on any atom is -0.355 e. The third kappa shape index (κ3) is 4.38. The largest absolute Gasteiger partial charge is 0.453 e. The second-order valence-corrected chi connectivity index (χ2v) is 8.76. The van der Waals surface area contributed by atoms with E-state index in [9.17, 15) is 18.0 Å². The molecule has 1 atom stereocenters. The highest BCUT2D eigenvalue weighted by atomic mass is 19.4. The van der Waals surface area contributed by atoms with Crippen LogP contribution in [0.4, 0.5) is 19.0 Å². The first-order valence-corrected chi connectivity index (χ1v) is 11.3. The van der Waals surface area contributed by atoms with E-state index in [4.69, 9.17) is 0 Å². The Labute approximate surface area is 189 Å². The van der Waals surface area contributed by atoms with Crippen LogP contribution in [-0.4, -0.2) is 56.3 Å². The third-order valence-electron chi connectivity index (χ3n) is 6.64. The van der Waals surface area contributed by atoms with Crippen LogP contribution in [0.15, 0.2) is 42.5 Å². The molecule has 0 aliphatic carbocycles. The summed E-state index contributed by atoms with van der Waals surface area (Å²) < 4.78 is 40.2. The number of hydrogen-bond acceptors (Lipinski definition) is 5. The van der Waals surface area contributed by atoms with Crippen molar-refractivity contribution in [3.8, 4) is 0 Å². The molecule has 0 bridgehead atoms. The molecule has 0 N–H and O–H groups in total. The lowest BCUT2D eigenvalue weighted by molar-refractivity contribution is -0.146. The normalized spacial score (nSPS) is 20.0. The van der Waals surface area contributed by atoms with Crippen molar-refractivity contribution in [2.24, 2.45) is 5.92 Å². The van der Waals surface area contributed by atoms with Gasteiger partial charge in [-0.25, -0.2) is 0 Å². The van der Waals surface area contributed by atoms with Crippen LogP contribution in [0.5, 0.6) is 0 Å². The van der Waals surface area contributed by atoms with Gasteiger partial charge in [0.2, 0.25) is 5.91 Å². The molecule has 4 heterocycles. The molecule has 10 heteroatoms. The summed E-state index contributed by atoms with van der Waals surface area (Å²) in [5, 5.41) is 10.9. The zero-order valence-corrected chi connectivity index (χ0v) is 18.1. The fourth-order valence-corrected chi connectivity index (χ4v) is 4.94. The predicted octanol–water partition coefficient (Wildman–Crippen LogP) is 3.59. The molecule has 1 aromatic carbocycles. The van der Waals surface area contributed by atoms with Crippen molar-refractivity contribution in [2.75, 3.05) is 24.5 Å². The summed E-state index contributed by atoms with van der Waals surface area (Å²) in [4.78, 5) is 17.3. The fourth-order valence-electron chi connectivity index (χ4n) is 4.94. The van der Waals surface area contributed by atoms with Gasteiger partial charge >= 0.3 is 6.18 Å². The van der Waals surface area contributed by atoms with Gasteiger partial charge in [0.15, 0.2) is 5.65 Å². The Bertz CT molecular complexity index is 1120. The molecule has 2 aromatic heterocycles. The number of likely N-dealkylation sites (tertiary alicyclic amines) is 1. The fraction of sp³-hybridized carbons (Fsp3) is 0.478. The Balaban J connectivity index is 1.24. The van der Waals surface area contributed by atoms with Crippen molar-refractivity contribution in [1.29, 1.82) is 0 Å². The van der Waals surface area contributed by atoms with Crippen LogP contribution < -0.4 is 4.90 Å². The first kappa shape index (κ1) is 21.7. The highest BCUT2D eigenvalue weighted by Gasteiger charge is 2.38. The smallest absolute Gasteiger partial charge is 0.355 e. The summed E-state index contributed by atoms with van der Waals surface area (Å²) in [6, 6.07) is 13.6. The Hall–Kier alpha value is -3.17. The molecule has 33 heavy (non-hydrogen) atoms. The monoisotopic (exact) mass is 458 g/mol. The number of anilines is 1. The molecule has 0 saturated carbocycles. The minimum absolute atomic E-state index is 0.0506. The van der Waals surface area contributed by atoms with Gasteiger partial charge in [0, 0.05) is 31.6 Å². The zero-order chi connectivity index (χ0) is 23.0. The van der Waals surface area contributed by atoms with E-state index >= 15 is 0 Å². The van der Waals surface area contributed by atoms with Crippen LogP contribution in [0.1, 0.15) is 37.1 Å². The summed E-state index contributed by atoms with van der Waals surface area (Å²) in [5.74, 6) is -0.568. The molecule has 174 valence electrons. The number of fused-ring (bicyclic) bond motifs is 1. The van der Waals surface area contributed by atoms with Gasteiger partial charge < -0.3 is 9.80 Å². The van der Waals surface area contributed by atoms with E-state index in [2.05, 4.69) is 27.4 Å². The number of piperidine rings is 1. The van der Waals surface area contributed by atoms with Crippen LogP contribution in [0.3, 0.4) is 0 Å². The van der Waals surface area contributed by atoms with Gasteiger partial charge in [0.25, 0.3) is 5.82 Å². The van der Waals surface area contributed by atoms with Crippen molar-refractivity contribution in [3.63, 3.8) is 0 Å². The highest BCUT2D eigenvalue weighted by molar-refractivity contribution is 5.80. The van der Waals surface area contributed by atoms with Gasteiger partial charge in [-0.15, -0.1) is 15.3 Å². The summed E-state index contributed by atoms with van der Waals surface area (Å²) >= 11 is 0. The predicted molar refractivity (Wildman–Crippen MR) is 116 cm³/mol. The molecule has 0 spiro atoms. The highest BCUT2D eigenvalue weighted by Crippen LogP contribution is 2.30. The van der Waals surface area contributed by atoms with Crippen molar-refractivity contribution >= 4 is 17.4 Å². The molecule has 0 radical (unpaired) electrons. The van der Waals surface area contributed by atoms with Crippen LogP contribution in [0.25, 0.3) is 5.65 Å².